The zero-order valence-electron chi connectivity index (χ0n) is 14.9. The second-order valence-electron chi connectivity index (χ2n) is 7.48. The summed E-state index contributed by atoms with van der Waals surface area (Å²) < 4.78 is 18.8. The first kappa shape index (κ1) is 17.4. The van der Waals surface area contributed by atoms with Gasteiger partial charge in [-0.15, -0.1) is 0 Å². The monoisotopic (exact) mass is 343 g/mol. The molecule has 0 aromatic heterocycles. The average Bonchev–Trinajstić information content (AvgIpc) is 2.51. The van der Waals surface area contributed by atoms with Crippen molar-refractivity contribution in [1.29, 1.82) is 0 Å². The number of rotatable bonds is 2. The minimum Gasteiger partial charge on any atom is -0.466 e. The summed E-state index contributed by atoms with van der Waals surface area (Å²) in [6.07, 6.45) is 1.10. The number of esters is 1. The van der Waals surface area contributed by atoms with E-state index in [0.717, 1.165) is 5.70 Å². The summed E-state index contributed by atoms with van der Waals surface area (Å²) in [4.78, 5) is 25.3. The van der Waals surface area contributed by atoms with Gasteiger partial charge in [0.2, 0.25) is 0 Å². The van der Waals surface area contributed by atoms with Crippen LogP contribution in [-0.4, -0.2) is 18.9 Å². The van der Waals surface area contributed by atoms with Crippen LogP contribution in [0.2, 0.25) is 0 Å². The number of benzene rings is 1. The Balaban J connectivity index is 2.21. The fraction of sp³-hybridized carbons (Fsp3) is 0.400. The minimum atomic E-state index is -0.608. The molecule has 25 heavy (non-hydrogen) atoms. The Hall–Kier alpha value is -2.43. The van der Waals surface area contributed by atoms with Gasteiger partial charge in [-0.2, -0.15) is 0 Å². The van der Waals surface area contributed by atoms with Crippen LogP contribution in [0, 0.1) is 11.2 Å². The molecule has 5 heteroatoms. The number of ether oxygens (including phenoxy) is 1. The smallest absolute Gasteiger partial charge is 0.336 e. The number of ketones is 1. The second-order valence-corrected chi connectivity index (χ2v) is 7.48. The Bertz CT molecular complexity index is 820. The molecule has 0 fully saturated rings. The third kappa shape index (κ3) is 3.11. The predicted molar refractivity (Wildman–Crippen MR) is 92.0 cm³/mol. The number of allylic oxidation sites excluding steroid dienone is 3. The lowest BCUT2D eigenvalue weighted by Gasteiger charge is -2.39. The molecule has 0 bridgehead atoms. The molecule has 2 aliphatic rings. The minimum absolute atomic E-state index is 0.0121. The largest absolute Gasteiger partial charge is 0.466 e. The van der Waals surface area contributed by atoms with Crippen LogP contribution in [0.1, 0.15) is 45.1 Å². The van der Waals surface area contributed by atoms with Crippen molar-refractivity contribution >= 4 is 11.8 Å². The summed E-state index contributed by atoms with van der Waals surface area (Å²) in [6, 6.07) is 6.06. The molecule has 4 nitrogen and oxygen atoms in total. The first-order valence-electron chi connectivity index (χ1n) is 8.31. The summed E-state index contributed by atoms with van der Waals surface area (Å²) in [7, 11) is 1.31. The van der Waals surface area contributed by atoms with Crippen molar-refractivity contribution in [3.8, 4) is 0 Å². The number of methoxy groups -OCH3 is 1. The van der Waals surface area contributed by atoms with E-state index in [4.69, 9.17) is 4.74 Å². The highest BCUT2D eigenvalue weighted by molar-refractivity contribution is 6.04. The summed E-state index contributed by atoms with van der Waals surface area (Å²) in [5, 5.41) is 3.23. The lowest BCUT2D eigenvalue weighted by molar-refractivity contribution is -0.136. The van der Waals surface area contributed by atoms with E-state index < -0.39 is 17.7 Å². The SMILES string of the molecule is COC(=O)C1=C(C)NC2=C(C(=O)CC(C)(C)C2)C1c1cccc(F)c1. The standard InChI is InChI=1S/C20H22FNO3/c1-11-16(19(24)25-4)17(12-6-5-7-13(21)8-12)18-14(22-11)9-20(2,3)10-15(18)23/h5-8,17,22H,9-10H2,1-4H3. The summed E-state index contributed by atoms with van der Waals surface area (Å²) in [6.45, 7) is 5.87. The molecule has 1 N–H and O–H groups in total. The van der Waals surface area contributed by atoms with E-state index in [1.807, 2.05) is 13.8 Å². The van der Waals surface area contributed by atoms with Gasteiger partial charge in [-0.1, -0.05) is 26.0 Å². The van der Waals surface area contributed by atoms with Crippen LogP contribution < -0.4 is 5.32 Å². The molecule has 1 heterocycles. The van der Waals surface area contributed by atoms with Gasteiger partial charge in [0.1, 0.15) is 5.82 Å². The number of nitrogens with one attached hydrogen (secondary N) is 1. The van der Waals surface area contributed by atoms with E-state index in [-0.39, 0.29) is 11.2 Å². The molecule has 0 saturated heterocycles. The quantitative estimate of drug-likeness (QED) is 0.834. The highest BCUT2D eigenvalue weighted by Gasteiger charge is 2.43. The summed E-state index contributed by atoms with van der Waals surface area (Å²) >= 11 is 0. The molecular weight excluding hydrogens is 321 g/mol. The first-order chi connectivity index (χ1) is 11.7. The zero-order chi connectivity index (χ0) is 18.4. The molecule has 1 unspecified atom stereocenters. The molecule has 0 amide bonds. The third-order valence-electron chi connectivity index (χ3n) is 4.83. The van der Waals surface area contributed by atoms with Crippen molar-refractivity contribution in [3.63, 3.8) is 0 Å². The molecule has 0 radical (unpaired) electrons. The first-order valence-corrected chi connectivity index (χ1v) is 8.31. The number of halogens is 1. The lowest BCUT2D eigenvalue weighted by Crippen LogP contribution is -2.38. The van der Waals surface area contributed by atoms with E-state index in [1.165, 1.54) is 19.2 Å². The van der Waals surface area contributed by atoms with Crippen LogP contribution >= 0.6 is 0 Å². The van der Waals surface area contributed by atoms with Gasteiger partial charge >= 0.3 is 5.97 Å². The van der Waals surface area contributed by atoms with Gasteiger partial charge in [0.05, 0.1) is 12.7 Å². The Labute approximate surface area is 146 Å². The van der Waals surface area contributed by atoms with Gasteiger partial charge in [-0.3, -0.25) is 4.79 Å². The number of Topliss-reactive ketones (excluding diaryl/α,β-unsaturated/α-hetero) is 1. The molecule has 1 aliphatic heterocycles. The molecule has 0 saturated carbocycles. The van der Waals surface area contributed by atoms with Crippen LogP contribution in [0.25, 0.3) is 0 Å². The Morgan fingerprint density at radius 3 is 2.68 bits per heavy atom. The van der Waals surface area contributed by atoms with Crippen molar-refractivity contribution in [3.05, 3.63) is 58.2 Å². The van der Waals surface area contributed by atoms with Gasteiger partial charge in [0.15, 0.2) is 5.78 Å². The molecule has 3 rings (SSSR count). The molecule has 1 atom stereocenters. The van der Waals surface area contributed by atoms with E-state index in [0.29, 0.717) is 35.2 Å². The van der Waals surface area contributed by atoms with Gasteiger partial charge in [0, 0.05) is 29.3 Å². The highest BCUT2D eigenvalue weighted by atomic mass is 19.1. The zero-order valence-corrected chi connectivity index (χ0v) is 14.9. The number of dihydropyridines is 1. The predicted octanol–water partition coefficient (Wildman–Crippen LogP) is 3.60. The number of carbonyl (C=O) groups is 2. The Kier molecular flexibility index (Phi) is 4.27. The van der Waals surface area contributed by atoms with Crippen LogP contribution in [0.4, 0.5) is 4.39 Å². The Morgan fingerprint density at radius 1 is 1.32 bits per heavy atom. The second kappa shape index (κ2) is 6.14. The molecule has 1 aromatic rings. The van der Waals surface area contributed by atoms with E-state index in [9.17, 15) is 14.0 Å². The highest BCUT2D eigenvalue weighted by Crippen LogP contribution is 2.46. The van der Waals surface area contributed by atoms with Crippen molar-refractivity contribution in [2.75, 3.05) is 7.11 Å². The Morgan fingerprint density at radius 2 is 2.04 bits per heavy atom. The average molecular weight is 343 g/mol. The van der Waals surface area contributed by atoms with E-state index in [1.54, 1.807) is 19.1 Å². The summed E-state index contributed by atoms with van der Waals surface area (Å²) in [5.74, 6) is -1.53. The number of hydrogen-bond donors (Lipinski definition) is 1. The molecular formula is C20H22FNO3. The maximum absolute atomic E-state index is 13.8. The van der Waals surface area contributed by atoms with Crippen molar-refractivity contribution in [2.45, 2.75) is 39.5 Å². The van der Waals surface area contributed by atoms with Gasteiger partial charge in [-0.05, 0) is 36.5 Å². The maximum atomic E-state index is 13.8. The number of carbonyl (C=O) groups excluding carboxylic acids is 2. The van der Waals surface area contributed by atoms with Gasteiger partial charge in [0.25, 0.3) is 0 Å². The van der Waals surface area contributed by atoms with Crippen LogP contribution in [0.3, 0.4) is 0 Å². The maximum Gasteiger partial charge on any atom is 0.336 e. The normalized spacial score (nSPS) is 22.4. The van der Waals surface area contributed by atoms with Crippen LogP contribution in [-0.2, 0) is 14.3 Å². The van der Waals surface area contributed by atoms with Gasteiger partial charge in [-0.25, -0.2) is 9.18 Å². The fourth-order valence-corrected chi connectivity index (χ4v) is 3.84. The summed E-state index contributed by atoms with van der Waals surface area (Å²) in [5.41, 5.74) is 2.81. The van der Waals surface area contributed by atoms with Crippen molar-refractivity contribution < 1.29 is 18.7 Å². The van der Waals surface area contributed by atoms with E-state index >= 15 is 0 Å². The van der Waals surface area contributed by atoms with Crippen LogP contribution in [0.5, 0.6) is 0 Å². The third-order valence-corrected chi connectivity index (χ3v) is 4.83. The van der Waals surface area contributed by atoms with Crippen molar-refractivity contribution in [1.82, 2.24) is 5.32 Å². The van der Waals surface area contributed by atoms with Crippen LogP contribution in [0.15, 0.2) is 46.8 Å². The molecule has 1 aromatic carbocycles. The van der Waals surface area contributed by atoms with E-state index in [2.05, 4.69) is 5.32 Å². The molecule has 1 aliphatic carbocycles. The fourth-order valence-electron chi connectivity index (χ4n) is 3.84. The lowest BCUT2D eigenvalue weighted by atomic mass is 9.68. The number of hydrogen-bond acceptors (Lipinski definition) is 4. The topological polar surface area (TPSA) is 55.4 Å². The van der Waals surface area contributed by atoms with Gasteiger partial charge < -0.3 is 10.1 Å². The molecule has 0 spiro atoms. The molecule has 132 valence electrons. The van der Waals surface area contributed by atoms with Crippen molar-refractivity contribution in [2.24, 2.45) is 5.41 Å².